The van der Waals surface area contributed by atoms with Crippen molar-refractivity contribution in [1.29, 1.82) is 0 Å². The predicted molar refractivity (Wildman–Crippen MR) is 129 cm³/mol. The molecule has 6 atom stereocenters. The minimum Gasteiger partial charge on any atom is -0.507 e. The predicted octanol–water partition coefficient (Wildman–Crippen LogP) is 3.16. The molecule has 2 aromatic carbocycles. The van der Waals surface area contributed by atoms with Crippen LogP contribution in [0.25, 0.3) is 10.8 Å². The van der Waals surface area contributed by atoms with Gasteiger partial charge in [-0.2, -0.15) is 0 Å². The number of imide groups is 2. The van der Waals surface area contributed by atoms with E-state index in [2.05, 4.69) is 0 Å². The summed E-state index contributed by atoms with van der Waals surface area (Å²) in [5, 5.41) is 11.7. The van der Waals surface area contributed by atoms with Gasteiger partial charge in [-0.1, -0.05) is 42.0 Å². The number of benzene rings is 2. The maximum Gasteiger partial charge on any atom is 0.253 e. The Morgan fingerprint density at radius 3 is 2.29 bits per heavy atom. The Morgan fingerprint density at radius 1 is 0.886 bits per heavy atom. The number of hydrogen-bond donors (Lipinski definition) is 1. The Hall–Kier alpha value is -2.90. The molecule has 2 heterocycles. The van der Waals surface area contributed by atoms with Crippen molar-refractivity contribution in [2.24, 2.45) is 17.8 Å². The van der Waals surface area contributed by atoms with Crippen molar-refractivity contribution in [2.75, 3.05) is 14.1 Å². The van der Waals surface area contributed by atoms with Crippen LogP contribution in [0.2, 0.25) is 0 Å². The second-order valence-electron chi connectivity index (χ2n) is 9.95. The molecule has 1 saturated carbocycles. The molecule has 0 spiro atoms. The number of hydrogen-bond acceptors (Lipinski definition) is 5. The number of likely N-dealkylation sites (tertiary alicyclic amines) is 2. The first kappa shape index (κ1) is 22.6. The van der Waals surface area contributed by atoms with Crippen molar-refractivity contribution in [2.45, 2.75) is 28.5 Å². The van der Waals surface area contributed by atoms with Crippen molar-refractivity contribution in [3.63, 3.8) is 0 Å². The van der Waals surface area contributed by atoms with Gasteiger partial charge in [0.25, 0.3) is 11.8 Å². The number of alkyl halides is 2. The van der Waals surface area contributed by atoms with Crippen LogP contribution in [0, 0.1) is 17.8 Å². The summed E-state index contributed by atoms with van der Waals surface area (Å²) < 4.78 is 0. The number of allylic oxidation sites excluding steroid dienone is 2. The van der Waals surface area contributed by atoms with E-state index < -0.39 is 45.2 Å². The third-order valence-corrected chi connectivity index (χ3v) is 9.89. The second-order valence-corrected chi connectivity index (χ2v) is 11.2. The van der Waals surface area contributed by atoms with Gasteiger partial charge in [0.2, 0.25) is 11.8 Å². The lowest BCUT2D eigenvalue weighted by molar-refractivity contribution is -0.140. The Balaban J connectivity index is 1.65. The lowest BCUT2D eigenvalue weighted by Gasteiger charge is -2.51. The van der Waals surface area contributed by atoms with E-state index in [1.807, 2.05) is 18.2 Å². The topological polar surface area (TPSA) is 95.0 Å². The average Bonchev–Trinajstić information content (AvgIpc) is 3.15. The number of halogens is 2. The van der Waals surface area contributed by atoms with Gasteiger partial charge in [0, 0.05) is 25.4 Å². The molecule has 6 rings (SSSR count). The van der Waals surface area contributed by atoms with E-state index in [1.54, 1.807) is 18.2 Å². The fourth-order valence-corrected chi connectivity index (χ4v) is 7.82. The number of phenols is 1. The molecule has 9 heteroatoms. The van der Waals surface area contributed by atoms with Crippen LogP contribution in [0.5, 0.6) is 5.75 Å². The standard InChI is InChI=1S/C26H22Cl2N2O5/c1-29-21(32)16-8-7-15-17(19(16)22(29)33)11-25(27)23(34)30(2)24(35)26(25,28)20(15)14-9-10-18(31)13-6-4-3-5-12(13)14/h3-7,9-10,16-17,19-20,31H,8,11H2,1-2H3. The summed E-state index contributed by atoms with van der Waals surface area (Å²) in [7, 11) is 2.83. The average molecular weight is 513 g/mol. The molecule has 0 radical (unpaired) electrons. The monoisotopic (exact) mass is 512 g/mol. The molecule has 7 nitrogen and oxygen atoms in total. The van der Waals surface area contributed by atoms with Crippen molar-refractivity contribution >= 4 is 57.6 Å². The molecule has 0 aromatic heterocycles. The van der Waals surface area contributed by atoms with Crippen LogP contribution in [0.4, 0.5) is 0 Å². The van der Waals surface area contributed by atoms with Crippen LogP contribution in [0.1, 0.15) is 24.3 Å². The van der Waals surface area contributed by atoms with Gasteiger partial charge in [0.05, 0.1) is 11.8 Å². The van der Waals surface area contributed by atoms with Gasteiger partial charge >= 0.3 is 0 Å². The van der Waals surface area contributed by atoms with Crippen LogP contribution in [-0.2, 0) is 19.2 Å². The molecular weight excluding hydrogens is 491 g/mol. The zero-order valence-corrected chi connectivity index (χ0v) is 20.5. The molecule has 4 amide bonds. The molecular formula is C26H22Cl2N2O5. The molecule has 2 saturated heterocycles. The summed E-state index contributed by atoms with van der Waals surface area (Å²) in [5.74, 6) is -4.30. The number of carbonyl (C=O) groups is 4. The first-order valence-corrected chi connectivity index (χ1v) is 12.2. The highest BCUT2D eigenvalue weighted by Crippen LogP contribution is 2.65. The normalized spacial score (nSPS) is 36.4. The van der Waals surface area contributed by atoms with Gasteiger partial charge in [-0.25, -0.2) is 0 Å². The maximum absolute atomic E-state index is 13.6. The zero-order chi connectivity index (χ0) is 25.0. The molecule has 3 fully saturated rings. The van der Waals surface area contributed by atoms with Gasteiger partial charge in [-0.3, -0.25) is 29.0 Å². The van der Waals surface area contributed by atoms with Crippen molar-refractivity contribution in [1.82, 2.24) is 9.80 Å². The minimum absolute atomic E-state index is 0.0284. The van der Waals surface area contributed by atoms with Crippen molar-refractivity contribution in [3.8, 4) is 5.75 Å². The van der Waals surface area contributed by atoms with Gasteiger partial charge in [-0.05, 0) is 35.8 Å². The van der Waals surface area contributed by atoms with E-state index in [0.717, 1.165) is 15.4 Å². The summed E-state index contributed by atoms with van der Waals surface area (Å²) >= 11 is 14.3. The van der Waals surface area contributed by atoms with Gasteiger partial charge in [0.1, 0.15) is 5.75 Å². The van der Waals surface area contributed by atoms with E-state index in [4.69, 9.17) is 23.2 Å². The second kappa shape index (κ2) is 7.08. The highest BCUT2D eigenvalue weighted by molar-refractivity contribution is 6.53. The van der Waals surface area contributed by atoms with Crippen LogP contribution in [0.15, 0.2) is 48.0 Å². The molecule has 35 heavy (non-hydrogen) atoms. The Labute approximate surface area is 211 Å². The zero-order valence-electron chi connectivity index (χ0n) is 19.0. The van der Waals surface area contributed by atoms with Crippen LogP contribution >= 0.6 is 23.2 Å². The smallest absolute Gasteiger partial charge is 0.253 e. The maximum atomic E-state index is 13.6. The van der Waals surface area contributed by atoms with Crippen LogP contribution < -0.4 is 0 Å². The molecule has 2 aromatic rings. The molecule has 2 aliphatic carbocycles. The fourth-order valence-electron chi connectivity index (χ4n) is 6.81. The highest BCUT2D eigenvalue weighted by atomic mass is 35.5. The lowest BCUT2D eigenvalue weighted by atomic mass is 9.56. The Kier molecular flexibility index (Phi) is 4.56. The van der Waals surface area contributed by atoms with Gasteiger partial charge in [0.15, 0.2) is 9.75 Å². The summed E-state index contributed by atoms with van der Waals surface area (Å²) in [4.78, 5) is 51.5. The van der Waals surface area contributed by atoms with E-state index >= 15 is 0 Å². The minimum atomic E-state index is -1.84. The van der Waals surface area contributed by atoms with E-state index in [0.29, 0.717) is 22.8 Å². The van der Waals surface area contributed by atoms with Gasteiger partial charge < -0.3 is 5.11 Å². The number of rotatable bonds is 1. The summed E-state index contributed by atoms with van der Waals surface area (Å²) in [6.45, 7) is 0. The number of phenolic OH excluding ortho intramolecular Hbond substituents is 1. The molecule has 1 N–H and O–H groups in total. The third-order valence-electron chi connectivity index (χ3n) is 8.48. The highest BCUT2D eigenvalue weighted by Gasteiger charge is 2.75. The fraction of sp³-hybridized carbons (Fsp3) is 0.385. The first-order chi connectivity index (χ1) is 16.5. The van der Waals surface area contributed by atoms with Crippen molar-refractivity contribution < 1.29 is 24.3 Å². The number of amides is 4. The summed E-state index contributed by atoms with van der Waals surface area (Å²) in [6.07, 6.45) is 2.21. The Morgan fingerprint density at radius 2 is 1.57 bits per heavy atom. The summed E-state index contributed by atoms with van der Waals surface area (Å²) in [5.41, 5.74) is 1.37. The molecule has 4 aliphatic rings. The van der Waals surface area contributed by atoms with Crippen LogP contribution in [-0.4, -0.2) is 62.4 Å². The number of fused-ring (bicyclic) bond motifs is 5. The lowest BCUT2D eigenvalue weighted by Crippen LogP contribution is -2.60. The van der Waals surface area contributed by atoms with E-state index in [-0.39, 0.29) is 24.0 Å². The molecule has 2 aliphatic heterocycles. The van der Waals surface area contributed by atoms with Crippen molar-refractivity contribution in [3.05, 3.63) is 53.6 Å². The van der Waals surface area contributed by atoms with Crippen LogP contribution in [0.3, 0.4) is 0 Å². The third kappa shape index (κ3) is 2.53. The molecule has 6 unspecified atom stereocenters. The SMILES string of the molecule is CN1C(=O)C2CC=C3C(CC4(Cl)C(=O)N(C)C(=O)C4(Cl)C3c3ccc(O)c4ccccc34)C2C1=O. The summed E-state index contributed by atoms with van der Waals surface area (Å²) in [6, 6.07) is 10.4. The first-order valence-electron chi connectivity index (χ1n) is 11.5. The quantitative estimate of drug-likeness (QED) is 0.359. The van der Waals surface area contributed by atoms with E-state index in [1.165, 1.54) is 20.2 Å². The number of aromatic hydroxyl groups is 1. The van der Waals surface area contributed by atoms with E-state index in [9.17, 15) is 24.3 Å². The largest absolute Gasteiger partial charge is 0.507 e. The molecule has 180 valence electrons. The Bertz CT molecular complexity index is 1410. The number of carbonyl (C=O) groups excluding carboxylic acids is 4. The number of nitrogens with zero attached hydrogens (tertiary/aromatic N) is 2. The molecule has 0 bridgehead atoms. The van der Waals surface area contributed by atoms with Gasteiger partial charge in [-0.15, -0.1) is 23.2 Å².